The molecule has 0 radical (unpaired) electrons. The second kappa shape index (κ2) is 6.95. The van der Waals surface area contributed by atoms with Crippen LogP contribution in [0.3, 0.4) is 0 Å². The zero-order valence-corrected chi connectivity index (χ0v) is 13.8. The number of rotatable bonds is 3. The van der Waals surface area contributed by atoms with Gasteiger partial charge in [-0.3, -0.25) is 4.79 Å². The molecule has 0 aliphatic carbocycles. The summed E-state index contributed by atoms with van der Waals surface area (Å²) in [7, 11) is 0. The lowest BCUT2D eigenvalue weighted by molar-refractivity contribution is -0.138. The summed E-state index contributed by atoms with van der Waals surface area (Å²) in [5.74, 6) is -5.97. The van der Waals surface area contributed by atoms with Crippen LogP contribution in [0.15, 0.2) is 36.4 Å². The van der Waals surface area contributed by atoms with Gasteiger partial charge in [0.1, 0.15) is 5.75 Å². The van der Waals surface area contributed by atoms with Crippen LogP contribution in [0.1, 0.15) is 34.0 Å². The summed E-state index contributed by atoms with van der Waals surface area (Å²) in [6.45, 7) is 0.340. The molecule has 0 unspecified atom stereocenters. The highest BCUT2D eigenvalue weighted by Crippen LogP contribution is 2.37. The number of alkyl halides is 8. The van der Waals surface area contributed by atoms with E-state index in [9.17, 15) is 45.0 Å². The normalized spacial score (nSPS) is 12.8. The molecule has 1 amide bonds. The maximum Gasteiger partial charge on any atom is 0.416 e. The van der Waals surface area contributed by atoms with E-state index in [1.54, 1.807) is 5.32 Å². The van der Waals surface area contributed by atoms with Gasteiger partial charge in [0.15, 0.2) is 0 Å². The number of anilines is 1. The zero-order chi connectivity index (χ0) is 21.5. The van der Waals surface area contributed by atoms with Crippen molar-refractivity contribution in [3.8, 4) is 5.75 Å². The fourth-order valence-electron chi connectivity index (χ4n) is 2.21. The third-order valence-electron chi connectivity index (χ3n) is 3.59. The molecule has 0 fully saturated rings. The van der Waals surface area contributed by atoms with Crippen molar-refractivity contribution in [2.24, 2.45) is 0 Å². The van der Waals surface area contributed by atoms with E-state index in [1.165, 1.54) is 0 Å². The summed E-state index contributed by atoms with van der Waals surface area (Å²) in [6, 6.07) is 2.45. The topological polar surface area (TPSA) is 49.3 Å². The number of aromatic hydroxyl groups is 1. The van der Waals surface area contributed by atoms with Gasteiger partial charge in [0, 0.05) is 18.2 Å². The summed E-state index contributed by atoms with van der Waals surface area (Å²) < 4.78 is 104. The molecule has 0 bridgehead atoms. The molecule has 0 aromatic heterocycles. The van der Waals surface area contributed by atoms with Crippen molar-refractivity contribution in [3.63, 3.8) is 0 Å². The van der Waals surface area contributed by atoms with E-state index in [-0.39, 0.29) is 12.1 Å². The summed E-state index contributed by atoms with van der Waals surface area (Å²) >= 11 is 0. The molecule has 0 aliphatic heterocycles. The van der Waals surface area contributed by atoms with Crippen LogP contribution in [0, 0.1) is 0 Å². The Morgan fingerprint density at radius 1 is 0.821 bits per heavy atom. The Balaban J connectivity index is 2.47. The Morgan fingerprint density at radius 2 is 1.36 bits per heavy atom. The highest BCUT2D eigenvalue weighted by molar-refractivity contribution is 6.06. The Morgan fingerprint density at radius 3 is 1.86 bits per heavy atom. The first-order valence-corrected chi connectivity index (χ1v) is 7.41. The van der Waals surface area contributed by atoms with Crippen molar-refractivity contribution < 1.29 is 45.0 Å². The molecule has 0 saturated heterocycles. The van der Waals surface area contributed by atoms with Crippen molar-refractivity contribution in [1.29, 1.82) is 0 Å². The predicted octanol–water partition coefficient (Wildman–Crippen LogP) is 5.79. The number of carbonyl (C=O) groups is 1. The van der Waals surface area contributed by atoms with Crippen molar-refractivity contribution in [1.82, 2.24) is 0 Å². The number of amides is 1. The standard InChI is InChI=1S/C17H11F8NO2/c1-15(18,19)9-4-10(17(23,24)25)6-11(5-9)26-14(28)12-7-8(16(20,21)22)2-3-13(12)27/h2-7,27H,1H3,(H,26,28). The van der Waals surface area contributed by atoms with Crippen LogP contribution in [-0.4, -0.2) is 11.0 Å². The molecular weight excluding hydrogens is 402 g/mol. The van der Waals surface area contributed by atoms with E-state index in [0.717, 1.165) is 0 Å². The maximum absolute atomic E-state index is 13.5. The van der Waals surface area contributed by atoms with Gasteiger partial charge < -0.3 is 10.4 Å². The molecule has 0 atom stereocenters. The minimum Gasteiger partial charge on any atom is -0.507 e. The molecule has 11 heteroatoms. The molecule has 0 spiro atoms. The van der Waals surface area contributed by atoms with Crippen LogP contribution < -0.4 is 5.32 Å². The first-order valence-electron chi connectivity index (χ1n) is 7.41. The molecule has 2 N–H and O–H groups in total. The fraction of sp³-hybridized carbons (Fsp3) is 0.235. The minimum absolute atomic E-state index is 0.192. The number of phenols is 1. The molecule has 0 heterocycles. The van der Waals surface area contributed by atoms with Crippen LogP contribution >= 0.6 is 0 Å². The molecule has 2 aromatic carbocycles. The molecule has 2 rings (SSSR count). The third kappa shape index (κ3) is 4.90. The third-order valence-corrected chi connectivity index (χ3v) is 3.59. The van der Waals surface area contributed by atoms with Gasteiger partial charge in [0.25, 0.3) is 11.8 Å². The number of carbonyl (C=O) groups excluding carboxylic acids is 1. The number of nitrogens with one attached hydrogen (secondary N) is 1. The predicted molar refractivity (Wildman–Crippen MR) is 82.1 cm³/mol. The van der Waals surface area contributed by atoms with Crippen molar-refractivity contribution >= 4 is 11.6 Å². The van der Waals surface area contributed by atoms with E-state index in [2.05, 4.69) is 0 Å². The smallest absolute Gasteiger partial charge is 0.416 e. The van der Waals surface area contributed by atoms with Gasteiger partial charge in [0.2, 0.25) is 0 Å². The fourth-order valence-corrected chi connectivity index (χ4v) is 2.21. The number of halogens is 8. The largest absolute Gasteiger partial charge is 0.507 e. The molecule has 3 nitrogen and oxygen atoms in total. The Bertz CT molecular complexity index is 865. The van der Waals surface area contributed by atoms with Crippen molar-refractivity contribution in [2.45, 2.75) is 25.2 Å². The summed E-state index contributed by atoms with van der Waals surface area (Å²) in [5.41, 5.74) is -5.47. The summed E-state index contributed by atoms with van der Waals surface area (Å²) in [5, 5.41) is 11.4. The van der Waals surface area contributed by atoms with Crippen LogP contribution in [0.4, 0.5) is 40.8 Å². The lowest BCUT2D eigenvalue weighted by Gasteiger charge is -2.17. The van der Waals surface area contributed by atoms with E-state index in [4.69, 9.17) is 0 Å². The number of hydrogen-bond donors (Lipinski definition) is 2. The van der Waals surface area contributed by atoms with Crippen LogP contribution in [0.25, 0.3) is 0 Å². The summed E-state index contributed by atoms with van der Waals surface area (Å²) in [4.78, 5) is 12.1. The molecular formula is C17H11F8NO2. The van der Waals surface area contributed by atoms with Gasteiger partial charge in [-0.15, -0.1) is 0 Å². The van der Waals surface area contributed by atoms with Crippen molar-refractivity contribution in [2.75, 3.05) is 5.32 Å². The maximum atomic E-state index is 13.5. The molecule has 0 aliphatic rings. The van der Waals surface area contributed by atoms with E-state index < -0.39 is 57.9 Å². The number of benzene rings is 2. The van der Waals surface area contributed by atoms with E-state index in [0.29, 0.717) is 31.2 Å². The Kier molecular flexibility index (Phi) is 5.33. The van der Waals surface area contributed by atoms with Crippen LogP contribution in [0.5, 0.6) is 5.75 Å². The van der Waals surface area contributed by atoms with Crippen LogP contribution in [-0.2, 0) is 18.3 Å². The quantitative estimate of drug-likeness (QED) is 0.626. The van der Waals surface area contributed by atoms with Gasteiger partial charge in [0.05, 0.1) is 16.7 Å². The highest BCUT2D eigenvalue weighted by Gasteiger charge is 2.35. The molecule has 0 saturated carbocycles. The van der Waals surface area contributed by atoms with Gasteiger partial charge in [-0.2, -0.15) is 26.3 Å². The van der Waals surface area contributed by atoms with Gasteiger partial charge in [-0.1, -0.05) is 0 Å². The van der Waals surface area contributed by atoms with E-state index in [1.807, 2.05) is 0 Å². The van der Waals surface area contributed by atoms with Crippen LogP contribution in [0.2, 0.25) is 0 Å². The van der Waals surface area contributed by atoms with Gasteiger partial charge in [-0.25, -0.2) is 8.78 Å². The van der Waals surface area contributed by atoms with E-state index >= 15 is 0 Å². The number of phenolic OH excluding ortho intramolecular Hbond substituents is 1. The first kappa shape index (κ1) is 21.5. The van der Waals surface area contributed by atoms with Gasteiger partial charge >= 0.3 is 12.4 Å². The monoisotopic (exact) mass is 413 g/mol. The average molecular weight is 413 g/mol. The lowest BCUT2D eigenvalue weighted by atomic mass is 10.0. The zero-order valence-electron chi connectivity index (χ0n) is 13.8. The second-order valence-electron chi connectivity index (χ2n) is 5.87. The summed E-state index contributed by atoms with van der Waals surface area (Å²) in [6.07, 6.45) is -9.87. The first-order chi connectivity index (χ1) is 12.6. The molecule has 152 valence electrons. The highest BCUT2D eigenvalue weighted by atomic mass is 19.4. The molecule has 28 heavy (non-hydrogen) atoms. The Labute approximate surface area is 152 Å². The average Bonchev–Trinajstić information content (AvgIpc) is 2.52. The Hall–Kier alpha value is -2.85. The molecule has 2 aromatic rings. The number of hydrogen-bond acceptors (Lipinski definition) is 2. The van der Waals surface area contributed by atoms with Crippen molar-refractivity contribution in [3.05, 3.63) is 58.7 Å². The SMILES string of the molecule is CC(F)(F)c1cc(NC(=O)c2cc(C(F)(F)F)ccc2O)cc(C(F)(F)F)c1. The second-order valence-corrected chi connectivity index (χ2v) is 5.87. The lowest BCUT2D eigenvalue weighted by Crippen LogP contribution is -2.17. The minimum atomic E-state index is -5.01. The van der Waals surface area contributed by atoms with Gasteiger partial charge in [-0.05, 0) is 36.4 Å².